The smallest absolute Gasteiger partial charge is 0.153 e. The first-order valence-electron chi connectivity index (χ1n) is 18.9. The van der Waals surface area contributed by atoms with E-state index in [0.29, 0.717) is 0 Å². The van der Waals surface area contributed by atoms with Gasteiger partial charge in [0.1, 0.15) is 27.9 Å². The predicted molar refractivity (Wildman–Crippen MR) is 232 cm³/mol. The summed E-state index contributed by atoms with van der Waals surface area (Å²) in [5, 5.41) is 5.59. The van der Waals surface area contributed by atoms with Gasteiger partial charge in [0.15, 0.2) is 5.58 Å². The van der Waals surface area contributed by atoms with Gasteiger partial charge in [-0.1, -0.05) is 84.9 Å². The van der Waals surface area contributed by atoms with Gasteiger partial charge in [-0.25, -0.2) is 0 Å². The van der Waals surface area contributed by atoms with Crippen LogP contribution in [0.5, 0.6) is 0 Å². The maximum Gasteiger partial charge on any atom is 0.153 e. The van der Waals surface area contributed by atoms with Gasteiger partial charge in [0.2, 0.25) is 0 Å². The van der Waals surface area contributed by atoms with Crippen molar-refractivity contribution in [3.8, 4) is 0 Å². The molecule has 1 atom stereocenters. The summed E-state index contributed by atoms with van der Waals surface area (Å²) in [6.45, 7) is 0. The highest BCUT2D eigenvalue weighted by Gasteiger charge is 2.28. The van der Waals surface area contributed by atoms with Crippen molar-refractivity contribution in [2.24, 2.45) is 0 Å². The molecule has 12 rings (SSSR count). The summed E-state index contributed by atoms with van der Waals surface area (Å²) in [5.74, 6) is 0. The van der Waals surface area contributed by atoms with Crippen LogP contribution in [0.15, 0.2) is 183 Å². The Balaban J connectivity index is 0.932. The maximum atomic E-state index is 6.81. The van der Waals surface area contributed by atoms with E-state index in [-0.39, 0.29) is 6.04 Å². The Bertz CT molecular complexity index is 3310. The number of furan rings is 3. The first-order valence-corrected chi connectivity index (χ1v) is 19.7. The van der Waals surface area contributed by atoms with Crippen molar-refractivity contribution >= 4 is 111 Å². The zero-order valence-corrected chi connectivity index (χ0v) is 30.9. The number of para-hydroxylation sites is 4. The highest BCUT2D eigenvalue weighted by Crippen LogP contribution is 2.46. The summed E-state index contributed by atoms with van der Waals surface area (Å²) >= 11 is 1.85. The third-order valence-electron chi connectivity index (χ3n) is 11.2. The van der Waals surface area contributed by atoms with E-state index < -0.39 is 0 Å². The third kappa shape index (κ3) is 4.86. The van der Waals surface area contributed by atoms with E-state index in [1.165, 1.54) is 15.1 Å². The Kier molecular flexibility index (Phi) is 6.86. The van der Waals surface area contributed by atoms with E-state index >= 15 is 0 Å². The molecule has 0 radical (unpaired) electrons. The second kappa shape index (κ2) is 12.2. The van der Waals surface area contributed by atoms with Crippen LogP contribution < -0.4 is 9.80 Å². The molecule has 0 saturated heterocycles. The fourth-order valence-corrected chi connectivity index (χ4v) is 9.90. The van der Waals surface area contributed by atoms with Gasteiger partial charge in [-0.15, -0.1) is 11.3 Å². The summed E-state index contributed by atoms with van der Waals surface area (Å²) in [7, 11) is 0. The zero-order valence-electron chi connectivity index (χ0n) is 30.1. The molecule has 5 nitrogen and oxygen atoms in total. The van der Waals surface area contributed by atoms with Crippen molar-refractivity contribution in [2.45, 2.75) is 12.5 Å². The lowest BCUT2D eigenvalue weighted by Gasteiger charge is -2.33. The average molecular weight is 741 g/mol. The van der Waals surface area contributed by atoms with Gasteiger partial charge in [0.25, 0.3) is 0 Å². The van der Waals surface area contributed by atoms with E-state index in [2.05, 4.69) is 161 Å². The number of hydrogen-bond acceptors (Lipinski definition) is 6. The minimum absolute atomic E-state index is 0.116. The number of anilines is 5. The fraction of sp³-hybridized carbons (Fsp3) is 0.0400. The molecule has 56 heavy (non-hydrogen) atoms. The van der Waals surface area contributed by atoms with Crippen molar-refractivity contribution < 1.29 is 13.3 Å². The van der Waals surface area contributed by atoms with Crippen molar-refractivity contribution in [3.05, 3.63) is 180 Å². The zero-order chi connectivity index (χ0) is 36.7. The van der Waals surface area contributed by atoms with Gasteiger partial charge in [0, 0.05) is 78.3 Å². The molecule has 266 valence electrons. The normalized spacial score (nSPS) is 14.1. The number of rotatable bonds is 6. The molecule has 4 aromatic heterocycles. The monoisotopic (exact) mass is 740 g/mol. The van der Waals surface area contributed by atoms with Crippen LogP contribution in [0.3, 0.4) is 0 Å². The van der Waals surface area contributed by atoms with Crippen LogP contribution in [-0.4, -0.2) is 6.04 Å². The summed E-state index contributed by atoms with van der Waals surface area (Å²) in [6, 6.07) is 57.4. The van der Waals surface area contributed by atoms with E-state index in [1.54, 1.807) is 0 Å². The SMILES string of the molecule is C1=CC(N(c2ccccc2)c2ccc3oc4ccccc4c3c2)Cc2sc3c(oc4cc(N(c5ccccc5)c5ccc6oc7ccccc7c6c5)ccc43)c21. The Morgan fingerprint density at radius 1 is 0.446 bits per heavy atom. The Labute approximate surface area is 325 Å². The Hall–Kier alpha value is -7.02. The number of nitrogens with zero attached hydrogens (tertiary/aromatic N) is 2. The standard InChI is InChI=1S/C50H32N2O3S/c1-3-11-31(12-4-1)51(33-21-25-45-41(27-33)37-15-7-9-17-43(37)53-45)35-19-23-39-47(29-35)55-49-40-24-20-36(30-48(40)56-50(39)49)52(32-13-5-2-6-14-32)34-22-26-46-42(28-34)38-16-8-10-18-44(38)54-46/h1-29,36H,30H2. The van der Waals surface area contributed by atoms with Crippen molar-refractivity contribution in [3.63, 3.8) is 0 Å². The van der Waals surface area contributed by atoms with Crippen molar-refractivity contribution in [1.82, 2.24) is 0 Å². The third-order valence-corrected chi connectivity index (χ3v) is 12.4. The first-order chi connectivity index (χ1) is 27.7. The van der Waals surface area contributed by atoms with Gasteiger partial charge in [-0.05, 0) is 84.9 Å². The van der Waals surface area contributed by atoms with Crippen LogP contribution in [-0.2, 0) is 6.42 Å². The molecule has 1 unspecified atom stereocenters. The Morgan fingerprint density at radius 3 is 1.73 bits per heavy atom. The molecule has 6 heteroatoms. The highest BCUT2D eigenvalue weighted by molar-refractivity contribution is 7.20. The van der Waals surface area contributed by atoms with E-state index in [9.17, 15) is 0 Å². The van der Waals surface area contributed by atoms with Crippen LogP contribution in [0, 0.1) is 0 Å². The van der Waals surface area contributed by atoms with Crippen LogP contribution in [0.1, 0.15) is 10.4 Å². The van der Waals surface area contributed by atoms with Gasteiger partial charge < -0.3 is 23.1 Å². The van der Waals surface area contributed by atoms with Gasteiger partial charge in [0.05, 0.1) is 10.7 Å². The molecule has 1 aliphatic carbocycles. The van der Waals surface area contributed by atoms with E-state index in [4.69, 9.17) is 13.3 Å². The van der Waals surface area contributed by atoms with Crippen molar-refractivity contribution in [2.75, 3.05) is 9.80 Å². The Morgan fingerprint density at radius 2 is 1.02 bits per heavy atom. The molecule has 0 amide bonds. The lowest BCUT2D eigenvalue weighted by Crippen LogP contribution is -2.32. The van der Waals surface area contributed by atoms with Crippen LogP contribution in [0.25, 0.3) is 71.2 Å². The molecule has 11 aromatic rings. The van der Waals surface area contributed by atoms with Crippen LogP contribution >= 0.6 is 11.3 Å². The van der Waals surface area contributed by atoms with Gasteiger partial charge in [-0.2, -0.15) is 0 Å². The number of fused-ring (bicyclic) bond motifs is 11. The highest BCUT2D eigenvalue weighted by atomic mass is 32.1. The van der Waals surface area contributed by atoms with Crippen molar-refractivity contribution in [1.29, 1.82) is 0 Å². The topological polar surface area (TPSA) is 45.9 Å². The molecular formula is C50H32N2O3S. The molecular weight excluding hydrogens is 709 g/mol. The second-order valence-corrected chi connectivity index (χ2v) is 15.5. The molecule has 0 saturated carbocycles. The summed E-state index contributed by atoms with van der Waals surface area (Å²) in [4.78, 5) is 6.08. The molecule has 1 aliphatic rings. The number of hydrogen-bond donors (Lipinski definition) is 0. The lowest BCUT2D eigenvalue weighted by atomic mass is 9.98. The molecule has 0 N–H and O–H groups in total. The molecule has 0 bridgehead atoms. The van der Waals surface area contributed by atoms with Crippen LogP contribution in [0.2, 0.25) is 0 Å². The summed E-state index contributed by atoms with van der Waals surface area (Å²) in [5.41, 5.74) is 12.0. The largest absolute Gasteiger partial charge is 0.456 e. The summed E-state index contributed by atoms with van der Waals surface area (Å²) in [6.07, 6.45) is 5.48. The van der Waals surface area contributed by atoms with Crippen LogP contribution in [0.4, 0.5) is 28.4 Å². The van der Waals surface area contributed by atoms with Gasteiger partial charge >= 0.3 is 0 Å². The minimum atomic E-state index is 0.116. The number of thiophene rings is 1. The molecule has 0 aliphatic heterocycles. The van der Waals surface area contributed by atoms with E-state index in [1.807, 2.05) is 35.6 Å². The first kappa shape index (κ1) is 31.3. The summed E-state index contributed by atoms with van der Waals surface area (Å²) < 4.78 is 20.4. The maximum absolute atomic E-state index is 6.81. The average Bonchev–Trinajstić information content (AvgIpc) is 4.00. The predicted octanol–water partition coefficient (Wildman–Crippen LogP) is 14.7. The quantitative estimate of drug-likeness (QED) is 0.170. The van der Waals surface area contributed by atoms with E-state index in [0.717, 1.165) is 95.3 Å². The second-order valence-electron chi connectivity index (χ2n) is 14.4. The molecule has 4 heterocycles. The molecule has 0 fully saturated rings. The van der Waals surface area contributed by atoms with Gasteiger partial charge in [-0.3, -0.25) is 0 Å². The molecule has 7 aromatic carbocycles. The molecule has 0 spiro atoms. The fourth-order valence-electron chi connectivity index (χ4n) is 8.61. The minimum Gasteiger partial charge on any atom is -0.456 e. The number of benzene rings is 7. The lowest BCUT2D eigenvalue weighted by molar-refractivity contribution is 0.666.